The maximum Gasteiger partial charge on any atom is 0.219 e. The van der Waals surface area contributed by atoms with Crippen LogP contribution in [-0.4, -0.2) is 86.3 Å². The zero-order chi connectivity index (χ0) is 28.4. The molecule has 1 saturated heterocycles. The molecular weight excluding hydrogens is 498 g/mol. The third-order valence-electron chi connectivity index (χ3n) is 7.81. The van der Waals surface area contributed by atoms with Crippen molar-refractivity contribution in [1.29, 1.82) is 0 Å². The number of carbonyl (C=O) groups excluding carboxylic acids is 1. The Morgan fingerprint density at radius 3 is 1.50 bits per heavy atom. The fourth-order valence-electron chi connectivity index (χ4n) is 5.30. The highest BCUT2D eigenvalue weighted by Gasteiger charge is 2.18. The number of ether oxygens (including phenoxy) is 2. The Labute approximate surface area is 243 Å². The molecule has 2 unspecified atom stereocenters. The average molecular weight is 552 g/mol. The average Bonchev–Trinajstić information content (AvgIpc) is 2.95. The number of amides is 1. The molecule has 1 aliphatic rings. The Hall–Kier alpha value is -2.25. The van der Waals surface area contributed by atoms with Crippen LogP contribution in [0, 0.1) is 11.8 Å². The van der Waals surface area contributed by atoms with E-state index in [-0.39, 0.29) is 5.91 Å². The van der Waals surface area contributed by atoms with Crippen molar-refractivity contribution in [2.45, 2.75) is 59.5 Å². The molecule has 40 heavy (non-hydrogen) atoms. The van der Waals surface area contributed by atoms with Crippen LogP contribution in [-0.2, 0) is 27.4 Å². The largest absolute Gasteiger partial charge is 0.380 e. The van der Waals surface area contributed by atoms with Crippen molar-refractivity contribution in [3.05, 3.63) is 71.8 Å². The van der Waals surface area contributed by atoms with Gasteiger partial charge in [-0.1, -0.05) is 74.5 Å². The lowest BCUT2D eigenvalue weighted by Gasteiger charge is -2.30. The summed E-state index contributed by atoms with van der Waals surface area (Å²) in [5.41, 5.74) is 2.66. The summed E-state index contributed by atoms with van der Waals surface area (Å²) >= 11 is 0. The zero-order valence-electron chi connectivity index (χ0n) is 25.3. The summed E-state index contributed by atoms with van der Waals surface area (Å²) in [4.78, 5) is 19.7. The first-order chi connectivity index (χ1) is 19.5. The molecule has 1 heterocycles. The zero-order valence-corrected chi connectivity index (χ0v) is 25.3. The van der Waals surface area contributed by atoms with Gasteiger partial charge in [0.15, 0.2) is 0 Å². The van der Waals surface area contributed by atoms with Crippen LogP contribution in [0.2, 0.25) is 0 Å². The van der Waals surface area contributed by atoms with Gasteiger partial charge in [-0.3, -0.25) is 14.6 Å². The van der Waals surface area contributed by atoms with Gasteiger partial charge in [-0.05, 0) is 61.7 Å². The normalized spacial score (nSPS) is 22.8. The van der Waals surface area contributed by atoms with Crippen LogP contribution in [0.4, 0.5) is 0 Å². The standard InChI is InChI=1S/C34H53N3O3/c1-30-16-18-35(28-33-12-6-4-7-13-33)20-24-39-22-10-11-23-40-25-21-36(29-34-14-8-5-9-15-34)19-17-31(2)27-37(26-30)32(3)38/h4-9,12-15,30-31H,10-11,16-29H2,1-3H3. The highest BCUT2D eigenvalue weighted by molar-refractivity contribution is 5.73. The number of carbonyl (C=O) groups is 1. The first-order valence-electron chi connectivity index (χ1n) is 15.4. The first-order valence-corrected chi connectivity index (χ1v) is 15.4. The van der Waals surface area contributed by atoms with Crippen LogP contribution < -0.4 is 0 Å². The summed E-state index contributed by atoms with van der Waals surface area (Å²) in [6.07, 6.45) is 4.18. The number of hydrogen-bond acceptors (Lipinski definition) is 5. The molecule has 2 aromatic carbocycles. The summed E-state index contributed by atoms with van der Waals surface area (Å²) in [6, 6.07) is 21.4. The van der Waals surface area contributed by atoms with E-state index < -0.39 is 0 Å². The van der Waals surface area contributed by atoms with E-state index in [9.17, 15) is 4.79 Å². The smallest absolute Gasteiger partial charge is 0.219 e. The molecule has 0 bridgehead atoms. The lowest BCUT2D eigenvalue weighted by Crippen LogP contribution is -2.38. The van der Waals surface area contributed by atoms with Crippen molar-refractivity contribution in [2.75, 3.05) is 65.7 Å². The van der Waals surface area contributed by atoms with Gasteiger partial charge in [0, 0.05) is 59.4 Å². The second kappa shape index (κ2) is 19.0. The molecule has 6 nitrogen and oxygen atoms in total. The number of hydrogen-bond donors (Lipinski definition) is 0. The molecule has 222 valence electrons. The van der Waals surface area contributed by atoms with Gasteiger partial charge in [0.25, 0.3) is 0 Å². The van der Waals surface area contributed by atoms with Crippen molar-refractivity contribution in [1.82, 2.24) is 14.7 Å². The SMILES string of the molecule is CC(=O)N1CC(C)CCN(Cc2ccccc2)CCOCCCCOCCN(Cc2ccccc2)CCC(C)C1. The third-order valence-corrected chi connectivity index (χ3v) is 7.81. The van der Waals surface area contributed by atoms with Gasteiger partial charge in [0.1, 0.15) is 0 Å². The predicted molar refractivity (Wildman–Crippen MR) is 164 cm³/mol. The van der Waals surface area contributed by atoms with Crippen LogP contribution in [0.3, 0.4) is 0 Å². The Morgan fingerprint density at radius 2 is 1.10 bits per heavy atom. The second-order valence-electron chi connectivity index (χ2n) is 11.7. The van der Waals surface area contributed by atoms with E-state index in [4.69, 9.17) is 9.47 Å². The quantitative estimate of drug-likeness (QED) is 0.487. The van der Waals surface area contributed by atoms with Gasteiger partial charge in [-0.2, -0.15) is 0 Å². The molecule has 0 radical (unpaired) electrons. The fourth-order valence-corrected chi connectivity index (χ4v) is 5.30. The molecule has 0 saturated carbocycles. The van der Waals surface area contributed by atoms with Crippen molar-refractivity contribution in [2.24, 2.45) is 11.8 Å². The summed E-state index contributed by atoms with van der Waals surface area (Å²) in [6.45, 7) is 16.7. The number of nitrogens with zero attached hydrogens (tertiary/aromatic N) is 3. The van der Waals surface area contributed by atoms with Crippen LogP contribution in [0.1, 0.15) is 57.6 Å². The van der Waals surface area contributed by atoms with Gasteiger partial charge in [-0.25, -0.2) is 0 Å². The van der Waals surface area contributed by atoms with Crippen molar-refractivity contribution in [3.63, 3.8) is 0 Å². The molecule has 3 rings (SSSR count). The highest BCUT2D eigenvalue weighted by atomic mass is 16.5. The monoisotopic (exact) mass is 551 g/mol. The first kappa shape index (κ1) is 32.3. The van der Waals surface area contributed by atoms with E-state index in [2.05, 4.69) is 89.2 Å². The molecule has 1 fully saturated rings. The molecule has 0 spiro atoms. The highest BCUT2D eigenvalue weighted by Crippen LogP contribution is 2.15. The van der Waals surface area contributed by atoms with Crippen LogP contribution in [0.15, 0.2) is 60.7 Å². The summed E-state index contributed by atoms with van der Waals surface area (Å²) in [5, 5.41) is 0. The number of benzene rings is 2. The molecule has 6 heteroatoms. The predicted octanol–water partition coefficient (Wildman–Crippen LogP) is 5.72. The van der Waals surface area contributed by atoms with Gasteiger partial charge >= 0.3 is 0 Å². The molecule has 0 N–H and O–H groups in total. The summed E-state index contributed by atoms with van der Waals surface area (Å²) < 4.78 is 12.0. The minimum atomic E-state index is 0.182. The van der Waals surface area contributed by atoms with Crippen LogP contribution in [0.5, 0.6) is 0 Å². The van der Waals surface area contributed by atoms with Gasteiger partial charge in [0.2, 0.25) is 5.91 Å². The summed E-state index contributed by atoms with van der Waals surface area (Å²) in [7, 11) is 0. The van der Waals surface area contributed by atoms with E-state index in [1.807, 2.05) is 0 Å². The topological polar surface area (TPSA) is 45.3 Å². The van der Waals surface area contributed by atoms with Crippen LogP contribution >= 0.6 is 0 Å². The molecule has 0 aromatic heterocycles. The van der Waals surface area contributed by atoms with Crippen molar-refractivity contribution < 1.29 is 14.3 Å². The third kappa shape index (κ3) is 13.4. The molecule has 2 aromatic rings. The maximum absolute atomic E-state index is 12.6. The van der Waals surface area contributed by atoms with E-state index >= 15 is 0 Å². The maximum atomic E-state index is 12.6. The lowest BCUT2D eigenvalue weighted by atomic mass is 10.0. The minimum absolute atomic E-state index is 0.182. The number of rotatable bonds is 4. The second-order valence-corrected chi connectivity index (χ2v) is 11.7. The Balaban J connectivity index is 1.60. The van der Waals surface area contributed by atoms with Gasteiger partial charge in [-0.15, -0.1) is 0 Å². The Morgan fingerprint density at radius 1 is 0.675 bits per heavy atom. The van der Waals surface area contributed by atoms with Gasteiger partial charge < -0.3 is 14.4 Å². The van der Waals surface area contributed by atoms with Gasteiger partial charge in [0.05, 0.1) is 13.2 Å². The van der Waals surface area contributed by atoms with Crippen molar-refractivity contribution >= 4 is 5.91 Å². The molecule has 0 aliphatic carbocycles. The Kier molecular flexibility index (Phi) is 15.3. The van der Waals surface area contributed by atoms with E-state index in [1.54, 1.807) is 6.92 Å². The van der Waals surface area contributed by atoms with E-state index in [1.165, 1.54) is 11.1 Å². The molecular formula is C34H53N3O3. The van der Waals surface area contributed by atoms with Crippen LogP contribution in [0.25, 0.3) is 0 Å². The molecule has 1 aliphatic heterocycles. The molecule has 2 atom stereocenters. The lowest BCUT2D eigenvalue weighted by molar-refractivity contribution is -0.130. The fraction of sp³-hybridized carbons (Fsp3) is 0.618. The minimum Gasteiger partial charge on any atom is -0.380 e. The summed E-state index contributed by atoms with van der Waals surface area (Å²) in [5.74, 6) is 1.06. The van der Waals surface area contributed by atoms with Crippen molar-refractivity contribution in [3.8, 4) is 0 Å². The Bertz CT molecular complexity index is 857. The van der Waals surface area contributed by atoms with E-state index in [0.29, 0.717) is 11.8 Å². The molecule has 1 amide bonds. The van der Waals surface area contributed by atoms with E-state index in [0.717, 1.165) is 104 Å².